The molecule has 0 N–H and O–H groups in total. The Morgan fingerprint density at radius 2 is 1.83 bits per heavy atom. The predicted octanol–water partition coefficient (Wildman–Crippen LogP) is 4.92. The monoisotopic (exact) mass is 420 g/mol. The molecule has 0 amide bonds. The first-order valence-corrected chi connectivity index (χ1v) is 10.8. The Morgan fingerprint density at radius 1 is 1.07 bits per heavy atom. The number of rotatable bonds is 7. The number of hydrogen-bond donors (Lipinski definition) is 0. The Kier molecular flexibility index (Phi) is 5.63. The van der Waals surface area contributed by atoms with Crippen LogP contribution in [0, 0.1) is 27.7 Å². The van der Waals surface area contributed by atoms with Crippen LogP contribution in [0.1, 0.15) is 38.9 Å². The number of ketones is 1. The molecule has 1 aromatic carbocycles. The van der Waals surface area contributed by atoms with Crippen molar-refractivity contribution in [1.29, 1.82) is 0 Å². The molecule has 0 atom stereocenters. The zero-order valence-electron chi connectivity index (χ0n) is 17.5. The van der Waals surface area contributed by atoms with Crippen LogP contribution in [0.5, 0.6) is 0 Å². The van der Waals surface area contributed by atoms with Gasteiger partial charge in [-0.05, 0) is 58.0 Å². The van der Waals surface area contributed by atoms with Crippen molar-refractivity contribution in [2.24, 2.45) is 0 Å². The van der Waals surface area contributed by atoms with E-state index in [1.807, 2.05) is 55.7 Å². The maximum Gasteiger partial charge on any atom is 0.196 e. The van der Waals surface area contributed by atoms with E-state index in [0.717, 1.165) is 34.2 Å². The van der Waals surface area contributed by atoms with E-state index in [2.05, 4.69) is 33.8 Å². The molecular weight excluding hydrogens is 396 g/mol. The molecule has 4 aromatic rings. The van der Waals surface area contributed by atoms with Crippen LogP contribution in [-0.4, -0.2) is 30.9 Å². The van der Waals surface area contributed by atoms with E-state index in [0.29, 0.717) is 17.5 Å². The van der Waals surface area contributed by atoms with Gasteiger partial charge < -0.3 is 8.98 Å². The smallest absolute Gasteiger partial charge is 0.196 e. The summed E-state index contributed by atoms with van der Waals surface area (Å²) in [5.74, 6) is 2.04. The standard InChI is InChI=1S/C23H24N4O2S/c1-15-7-9-19(10-8-15)27-18(4)24-25-23(27)30-14-22(28)21-12-16(2)26(17(21)3)13-20-6-5-11-29-20/h5-12H,13-14H2,1-4H3. The molecule has 154 valence electrons. The lowest BCUT2D eigenvalue weighted by molar-refractivity contribution is 0.102. The Bertz CT molecular complexity index is 1170. The van der Waals surface area contributed by atoms with Crippen LogP contribution in [0.25, 0.3) is 5.69 Å². The number of thioether (sulfide) groups is 1. The normalized spacial score (nSPS) is 11.2. The minimum Gasteiger partial charge on any atom is -0.467 e. The average molecular weight is 421 g/mol. The second-order valence-electron chi connectivity index (χ2n) is 7.36. The predicted molar refractivity (Wildman–Crippen MR) is 118 cm³/mol. The van der Waals surface area contributed by atoms with Gasteiger partial charge in [0, 0.05) is 22.6 Å². The number of hydrogen-bond acceptors (Lipinski definition) is 5. The maximum absolute atomic E-state index is 13.0. The maximum atomic E-state index is 13.0. The third-order valence-corrected chi connectivity index (χ3v) is 6.12. The van der Waals surface area contributed by atoms with E-state index < -0.39 is 0 Å². The first-order valence-electron chi connectivity index (χ1n) is 9.78. The lowest BCUT2D eigenvalue weighted by Crippen LogP contribution is -2.08. The number of furan rings is 1. The molecular formula is C23H24N4O2S. The van der Waals surface area contributed by atoms with Crippen molar-refractivity contribution in [2.75, 3.05) is 5.75 Å². The van der Waals surface area contributed by atoms with Crippen molar-refractivity contribution in [3.63, 3.8) is 0 Å². The van der Waals surface area contributed by atoms with Crippen LogP contribution in [0.15, 0.2) is 58.3 Å². The molecule has 3 heterocycles. The number of nitrogens with zero attached hydrogens (tertiary/aromatic N) is 4. The first-order chi connectivity index (χ1) is 14.4. The molecule has 0 aliphatic heterocycles. The third kappa shape index (κ3) is 3.98. The lowest BCUT2D eigenvalue weighted by Gasteiger charge is -2.09. The third-order valence-electron chi connectivity index (χ3n) is 5.19. The number of aromatic nitrogens is 4. The molecule has 7 heteroatoms. The molecule has 0 aliphatic rings. The largest absolute Gasteiger partial charge is 0.467 e. The summed E-state index contributed by atoms with van der Waals surface area (Å²) in [6.45, 7) is 8.58. The van der Waals surface area contributed by atoms with Crippen molar-refractivity contribution in [3.8, 4) is 5.69 Å². The number of carbonyl (C=O) groups excluding carboxylic acids is 1. The molecule has 4 rings (SSSR count). The van der Waals surface area contributed by atoms with Gasteiger partial charge in [0.1, 0.15) is 11.6 Å². The fraction of sp³-hybridized carbons (Fsp3) is 0.261. The van der Waals surface area contributed by atoms with Gasteiger partial charge in [0.2, 0.25) is 0 Å². The van der Waals surface area contributed by atoms with Gasteiger partial charge >= 0.3 is 0 Å². The Morgan fingerprint density at radius 3 is 2.53 bits per heavy atom. The zero-order valence-corrected chi connectivity index (χ0v) is 18.4. The van der Waals surface area contributed by atoms with Crippen LogP contribution in [0.3, 0.4) is 0 Å². The molecule has 0 unspecified atom stereocenters. The minimum absolute atomic E-state index is 0.0786. The summed E-state index contributed by atoms with van der Waals surface area (Å²) < 4.78 is 9.55. The van der Waals surface area contributed by atoms with Crippen LogP contribution < -0.4 is 0 Å². The van der Waals surface area contributed by atoms with E-state index in [-0.39, 0.29) is 5.78 Å². The fourth-order valence-electron chi connectivity index (χ4n) is 3.52. The molecule has 0 fully saturated rings. The van der Waals surface area contributed by atoms with Gasteiger partial charge in [-0.3, -0.25) is 9.36 Å². The van der Waals surface area contributed by atoms with Crippen LogP contribution in [0.4, 0.5) is 0 Å². The van der Waals surface area contributed by atoms with E-state index in [4.69, 9.17) is 4.42 Å². The van der Waals surface area contributed by atoms with Crippen molar-refractivity contribution in [3.05, 3.63) is 82.8 Å². The Balaban J connectivity index is 1.52. The quantitative estimate of drug-likeness (QED) is 0.314. The highest BCUT2D eigenvalue weighted by Crippen LogP contribution is 2.25. The summed E-state index contributed by atoms with van der Waals surface area (Å²) in [5, 5.41) is 9.21. The highest BCUT2D eigenvalue weighted by molar-refractivity contribution is 7.99. The first kappa shape index (κ1) is 20.2. The topological polar surface area (TPSA) is 65.8 Å². The number of carbonyl (C=O) groups is 1. The van der Waals surface area contributed by atoms with Gasteiger partial charge in [-0.2, -0.15) is 0 Å². The number of benzene rings is 1. The molecule has 0 aliphatic carbocycles. The highest BCUT2D eigenvalue weighted by Gasteiger charge is 2.19. The number of aryl methyl sites for hydroxylation is 3. The SMILES string of the molecule is Cc1ccc(-n2c(C)nnc2SCC(=O)c2cc(C)n(Cc3ccco3)c2C)cc1. The van der Waals surface area contributed by atoms with Gasteiger partial charge in [-0.25, -0.2) is 0 Å². The van der Waals surface area contributed by atoms with E-state index in [9.17, 15) is 4.79 Å². The minimum atomic E-state index is 0.0786. The summed E-state index contributed by atoms with van der Waals surface area (Å²) in [6, 6.07) is 14.0. The molecule has 0 saturated heterocycles. The molecule has 0 bridgehead atoms. The summed E-state index contributed by atoms with van der Waals surface area (Å²) in [7, 11) is 0. The van der Waals surface area contributed by atoms with Gasteiger partial charge in [0.15, 0.2) is 10.9 Å². The summed E-state index contributed by atoms with van der Waals surface area (Å²) in [5.41, 5.74) is 4.92. The zero-order chi connectivity index (χ0) is 21.3. The van der Waals surface area contributed by atoms with E-state index in [1.54, 1.807) is 6.26 Å². The van der Waals surface area contributed by atoms with Crippen LogP contribution in [-0.2, 0) is 6.54 Å². The molecule has 0 spiro atoms. The number of Topliss-reactive ketones (excluding diaryl/α,β-unsaturated/α-hetero) is 1. The van der Waals surface area contributed by atoms with Crippen molar-refractivity contribution in [2.45, 2.75) is 39.4 Å². The molecule has 6 nitrogen and oxygen atoms in total. The molecule has 0 radical (unpaired) electrons. The van der Waals surface area contributed by atoms with Gasteiger partial charge in [-0.1, -0.05) is 29.5 Å². The second-order valence-corrected chi connectivity index (χ2v) is 8.31. The summed E-state index contributed by atoms with van der Waals surface area (Å²) >= 11 is 1.41. The van der Waals surface area contributed by atoms with Gasteiger partial charge in [0.25, 0.3) is 0 Å². The van der Waals surface area contributed by atoms with Gasteiger partial charge in [-0.15, -0.1) is 10.2 Å². The van der Waals surface area contributed by atoms with Gasteiger partial charge in [0.05, 0.1) is 18.6 Å². The van der Waals surface area contributed by atoms with Crippen molar-refractivity contribution < 1.29 is 9.21 Å². The second kappa shape index (κ2) is 8.36. The van der Waals surface area contributed by atoms with E-state index >= 15 is 0 Å². The average Bonchev–Trinajstić information content (AvgIpc) is 3.44. The molecule has 30 heavy (non-hydrogen) atoms. The van der Waals surface area contributed by atoms with Crippen molar-refractivity contribution >= 4 is 17.5 Å². The summed E-state index contributed by atoms with van der Waals surface area (Å²) in [6.07, 6.45) is 1.67. The molecule has 3 aromatic heterocycles. The molecule has 0 saturated carbocycles. The summed E-state index contributed by atoms with van der Waals surface area (Å²) in [4.78, 5) is 13.0. The van der Waals surface area contributed by atoms with Crippen LogP contribution in [0.2, 0.25) is 0 Å². The Labute approximate surface area is 179 Å². The van der Waals surface area contributed by atoms with Crippen molar-refractivity contribution in [1.82, 2.24) is 19.3 Å². The Hall–Kier alpha value is -3.06. The van der Waals surface area contributed by atoms with Crippen LogP contribution >= 0.6 is 11.8 Å². The van der Waals surface area contributed by atoms with E-state index in [1.165, 1.54) is 17.3 Å². The lowest BCUT2D eigenvalue weighted by atomic mass is 10.2. The highest BCUT2D eigenvalue weighted by atomic mass is 32.2. The fourth-order valence-corrected chi connectivity index (χ4v) is 4.40.